The maximum atomic E-state index is 11.7. The van der Waals surface area contributed by atoms with Gasteiger partial charge in [0, 0.05) is 24.8 Å². The van der Waals surface area contributed by atoms with E-state index in [4.69, 9.17) is 5.26 Å². The summed E-state index contributed by atoms with van der Waals surface area (Å²) in [6, 6.07) is 1.89. The molecular weight excluding hydrogens is 216 g/mol. The minimum Gasteiger partial charge on any atom is -0.388 e. The van der Waals surface area contributed by atoms with E-state index in [1.807, 2.05) is 45.8 Å². The first-order valence-corrected chi connectivity index (χ1v) is 5.57. The van der Waals surface area contributed by atoms with Crippen molar-refractivity contribution in [3.8, 4) is 6.07 Å². The minimum atomic E-state index is -0.350. The lowest BCUT2D eigenvalue weighted by Crippen LogP contribution is -2.41. The van der Waals surface area contributed by atoms with Crippen LogP contribution in [-0.4, -0.2) is 43.5 Å². The number of amides is 1. The van der Waals surface area contributed by atoms with Crippen LogP contribution in [0, 0.1) is 11.3 Å². The molecule has 0 rings (SSSR count). The Balaban J connectivity index is 4.28. The van der Waals surface area contributed by atoms with Crippen LogP contribution in [0.15, 0.2) is 11.8 Å². The van der Waals surface area contributed by atoms with E-state index in [1.54, 1.807) is 0 Å². The van der Waals surface area contributed by atoms with E-state index in [2.05, 4.69) is 10.6 Å². The van der Waals surface area contributed by atoms with Crippen molar-refractivity contribution in [1.29, 1.82) is 5.26 Å². The van der Waals surface area contributed by atoms with Gasteiger partial charge in [-0.25, -0.2) is 0 Å². The fourth-order valence-corrected chi connectivity index (χ4v) is 1.02. The second kappa shape index (κ2) is 6.92. The van der Waals surface area contributed by atoms with Crippen molar-refractivity contribution in [2.75, 3.05) is 27.2 Å². The van der Waals surface area contributed by atoms with E-state index in [-0.39, 0.29) is 17.0 Å². The molecule has 17 heavy (non-hydrogen) atoms. The zero-order chi connectivity index (χ0) is 13.5. The molecule has 0 fully saturated rings. The lowest BCUT2D eigenvalue weighted by atomic mass is 10.1. The van der Waals surface area contributed by atoms with Gasteiger partial charge in [0.05, 0.1) is 0 Å². The molecule has 2 N–H and O–H groups in total. The normalized spacial score (nSPS) is 12.2. The first kappa shape index (κ1) is 15.5. The molecule has 0 radical (unpaired) electrons. The van der Waals surface area contributed by atoms with Gasteiger partial charge in [0.2, 0.25) is 0 Å². The van der Waals surface area contributed by atoms with Gasteiger partial charge >= 0.3 is 0 Å². The molecule has 0 atom stereocenters. The zero-order valence-electron chi connectivity index (χ0n) is 11.3. The van der Waals surface area contributed by atoms with Crippen molar-refractivity contribution >= 4 is 5.91 Å². The van der Waals surface area contributed by atoms with E-state index in [0.29, 0.717) is 6.54 Å². The van der Waals surface area contributed by atoms with Crippen LogP contribution in [0.5, 0.6) is 0 Å². The molecule has 96 valence electrons. The molecule has 0 aromatic heterocycles. The van der Waals surface area contributed by atoms with Gasteiger partial charge in [-0.15, -0.1) is 0 Å². The first-order valence-electron chi connectivity index (χ1n) is 5.57. The summed E-state index contributed by atoms with van der Waals surface area (Å²) in [5, 5.41) is 14.6. The van der Waals surface area contributed by atoms with Crippen LogP contribution in [0.2, 0.25) is 0 Å². The molecule has 0 aliphatic carbocycles. The van der Waals surface area contributed by atoms with Gasteiger partial charge < -0.3 is 15.5 Å². The van der Waals surface area contributed by atoms with E-state index >= 15 is 0 Å². The third-order valence-electron chi connectivity index (χ3n) is 1.80. The summed E-state index contributed by atoms with van der Waals surface area (Å²) in [5.41, 5.74) is -0.241. The predicted molar refractivity (Wildman–Crippen MR) is 68.1 cm³/mol. The average Bonchev–Trinajstić information content (AvgIpc) is 2.14. The van der Waals surface area contributed by atoms with Gasteiger partial charge in [-0.3, -0.25) is 4.79 Å². The molecule has 0 saturated carbocycles. The number of carbonyl (C=O) groups excluding carboxylic acids is 1. The minimum absolute atomic E-state index is 0.0960. The Bertz CT molecular complexity index is 320. The van der Waals surface area contributed by atoms with Gasteiger partial charge in [-0.2, -0.15) is 5.26 Å². The van der Waals surface area contributed by atoms with E-state index in [9.17, 15) is 4.79 Å². The number of nitrogens with one attached hydrogen (secondary N) is 2. The molecule has 0 spiro atoms. The first-order chi connectivity index (χ1) is 7.76. The van der Waals surface area contributed by atoms with Crippen molar-refractivity contribution < 1.29 is 4.79 Å². The second-order valence-corrected chi connectivity index (χ2v) is 5.13. The van der Waals surface area contributed by atoms with Gasteiger partial charge in [0.1, 0.15) is 11.6 Å². The highest BCUT2D eigenvalue weighted by atomic mass is 16.1. The van der Waals surface area contributed by atoms with Gasteiger partial charge in [-0.05, 0) is 34.9 Å². The molecule has 0 aromatic rings. The molecule has 5 heteroatoms. The number of rotatable bonds is 5. The standard InChI is InChI=1S/C12H22N4O/c1-12(2,3)15-11(17)10(8-13)9-14-6-7-16(4)5/h9,14H,6-7H2,1-5H3,(H,15,17)/b10-9-. The van der Waals surface area contributed by atoms with Crippen LogP contribution in [0.1, 0.15) is 20.8 Å². The Morgan fingerprint density at radius 1 is 1.41 bits per heavy atom. The van der Waals surface area contributed by atoms with Crippen LogP contribution in [0.4, 0.5) is 0 Å². The van der Waals surface area contributed by atoms with Crippen molar-refractivity contribution in [3.63, 3.8) is 0 Å². The molecule has 0 aliphatic heterocycles. The van der Waals surface area contributed by atoms with Crippen LogP contribution in [0.3, 0.4) is 0 Å². The number of nitrogens with zero attached hydrogens (tertiary/aromatic N) is 2. The van der Waals surface area contributed by atoms with Crippen LogP contribution >= 0.6 is 0 Å². The van der Waals surface area contributed by atoms with Gasteiger partial charge in [-0.1, -0.05) is 0 Å². The van der Waals surface area contributed by atoms with E-state index < -0.39 is 0 Å². The predicted octanol–water partition coefficient (Wildman–Crippen LogP) is 0.460. The third-order valence-corrected chi connectivity index (χ3v) is 1.80. The maximum absolute atomic E-state index is 11.7. The number of carbonyl (C=O) groups is 1. The Morgan fingerprint density at radius 3 is 2.41 bits per heavy atom. The Labute approximate surface area is 103 Å². The zero-order valence-corrected chi connectivity index (χ0v) is 11.3. The highest BCUT2D eigenvalue weighted by Crippen LogP contribution is 2.01. The maximum Gasteiger partial charge on any atom is 0.263 e. The number of likely N-dealkylation sites (N-methyl/N-ethyl adjacent to an activating group) is 1. The second-order valence-electron chi connectivity index (χ2n) is 5.13. The monoisotopic (exact) mass is 238 g/mol. The molecule has 0 bridgehead atoms. The quantitative estimate of drug-likeness (QED) is 0.415. The van der Waals surface area contributed by atoms with Crippen molar-refractivity contribution in [3.05, 3.63) is 11.8 Å². The fourth-order valence-electron chi connectivity index (χ4n) is 1.02. The molecular formula is C12H22N4O. The smallest absolute Gasteiger partial charge is 0.263 e. The number of nitriles is 1. The van der Waals surface area contributed by atoms with Gasteiger partial charge in [0.25, 0.3) is 5.91 Å². The summed E-state index contributed by atoms with van der Waals surface area (Å²) < 4.78 is 0. The molecule has 0 heterocycles. The Morgan fingerprint density at radius 2 is 2.00 bits per heavy atom. The highest BCUT2D eigenvalue weighted by Gasteiger charge is 2.16. The Hall–Kier alpha value is -1.54. The summed E-state index contributed by atoms with van der Waals surface area (Å²) in [6.07, 6.45) is 1.46. The van der Waals surface area contributed by atoms with Crippen LogP contribution < -0.4 is 10.6 Å². The van der Waals surface area contributed by atoms with E-state index in [0.717, 1.165) is 6.54 Å². The lowest BCUT2D eigenvalue weighted by molar-refractivity contribution is -0.118. The van der Waals surface area contributed by atoms with Gasteiger partial charge in [0.15, 0.2) is 0 Å². The highest BCUT2D eigenvalue weighted by molar-refractivity contribution is 5.97. The van der Waals surface area contributed by atoms with Crippen molar-refractivity contribution in [2.45, 2.75) is 26.3 Å². The third kappa shape index (κ3) is 8.29. The van der Waals surface area contributed by atoms with Crippen LogP contribution in [-0.2, 0) is 4.79 Å². The largest absolute Gasteiger partial charge is 0.388 e. The summed E-state index contributed by atoms with van der Waals surface area (Å²) in [4.78, 5) is 13.7. The molecule has 0 aromatic carbocycles. The summed E-state index contributed by atoms with van der Waals surface area (Å²) in [6.45, 7) is 7.16. The molecule has 0 unspecified atom stereocenters. The SMILES string of the molecule is CN(C)CCN/C=C(/C#N)C(=O)NC(C)(C)C. The molecule has 0 saturated heterocycles. The summed E-state index contributed by atoms with van der Waals surface area (Å²) >= 11 is 0. The van der Waals surface area contributed by atoms with Crippen molar-refractivity contribution in [1.82, 2.24) is 15.5 Å². The number of hydrogen-bond donors (Lipinski definition) is 2. The lowest BCUT2D eigenvalue weighted by Gasteiger charge is -2.20. The molecule has 0 aliphatic rings. The molecule has 5 nitrogen and oxygen atoms in total. The van der Waals surface area contributed by atoms with E-state index in [1.165, 1.54) is 6.20 Å². The number of hydrogen-bond acceptors (Lipinski definition) is 4. The van der Waals surface area contributed by atoms with Crippen molar-refractivity contribution in [2.24, 2.45) is 0 Å². The molecule has 1 amide bonds. The Kier molecular flexibility index (Phi) is 6.29. The average molecular weight is 238 g/mol. The fraction of sp³-hybridized carbons (Fsp3) is 0.667. The summed E-state index contributed by atoms with van der Waals surface area (Å²) in [5.74, 6) is -0.350. The summed E-state index contributed by atoms with van der Waals surface area (Å²) in [7, 11) is 3.92. The topological polar surface area (TPSA) is 68.2 Å². The van der Waals surface area contributed by atoms with Crippen LogP contribution in [0.25, 0.3) is 0 Å².